The number of phosphoric ester groups is 1. The summed E-state index contributed by atoms with van der Waals surface area (Å²) in [6.07, 6.45) is 96.9. The molecule has 1 amide bonds. The third kappa shape index (κ3) is 70.8. The molecule has 0 aromatic heterocycles. The van der Waals surface area contributed by atoms with Crippen molar-refractivity contribution >= 4 is 19.7 Å². The summed E-state index contributed by atoms with van der Waals surface area (Å²) in [4.78, 5) is 38.0. The Bertz CT molecular complexity index is 1930. The van der Waals surface area contributed by atoms with Crippen LogP contribution in [0.15, 0.2) is 109 Å². The van der Waals surface area contributed by atoms with Crippen molar-refractivity contribution in [1.82, 2.24) is 5.32 Å². The predicted molar refractivity (Wildman–Crippen MR) is 397 cm³/mol. The highest BCUT2D eigenvalue weighted by molar-refractivity contribution is 7.47. The minimum Gasteiger partial charge on any atom is -0.456 e. The maximum Gasteiger partial charge on any atom is 0.472 e. The first kappa shape index (κ1) is 87.7. The molecule has 0 aromatic rings. The van der Waals surface area contributed by atoms with Gasteiger partial charge in [-0.1, -0.05) is 323 Å². The van der Waals surface area contributed by atoms with Gasteiger partial charge in [0.1, 0.15) is 19.3 Å². The third-order valence-corrected chi connectivity index (χ3v) is 17.7. The fourth-order valence-corrected chi connectivity index (χ4v) is 11.6. The van der Waals surface area contributed by atoms with Gasteiger partial charge < -0.3 is 19.4 Å². The topological polar surface area (TPSA) is 111 Å². The summed E-state index contributed by atoms with van der Waals surface area (Å²) in [5.41, 5.74) is 0. The van der Waals surface area contributed by atoms with Crippen LogP contribution in [0.3, 0.4) is 0 Å². The molecule has 10 heteroatoms. The molecule has 0 aliphatic heterocycles. The Hall–Kier alpha value is -3.33. The maximum atomic E-state index is 13.6. The van der Waals surface area contributed by atoms with Crippen LogP contribution in [0.2, 0.25) is 0 Å². The average Bonchev–Trinajstić information content (AvgIpc) is 3.08. The standard InChI is InChI=1S/C81H145N2O7P/c1-7-10-13-16-19-22-25-27-29-31-33-35-37-39-41-43-45-47-49-51-53-55-58-61-64-67-70-73-80(84)82-78(77-89-91(86,87)88-76-75-83(4,5)6)79(72-69-66-63-60-57-24-21-18-15-12-9-3)90-81(85)74-71-68-65-62-59-56-54-52-50-48-46-44-42-40-38-36-34-32-30-28-26-23-20-17-14-11-8-2/h10,13,19-20,22-23,27-30,33-36,39,41,69,72,78-79H,7-9,11-12,14-18,21,24-26,31-32,37-38,40,42-68,70-71,73-77H2,1-6H3,(H-,82,84,86,87)/p+1/b13-10-,22-19-,23-20-,29-27-,30-28-,35-33-,36-34-,41-39-,72-69+. The zero-order valence-corrected chi connectivity index (χ0v) is 61.2. The van der Waals surface area contributed by atoms with Crippen molar-refractivity contribution in [3.05, 3.63) is 109 Å². The lowest BCUT2D eigenvalue weighted by molar-refractivity contribution is -0.870. The Kier molecular flexibility index (Phi) is 67.0. The first-order chi connectivity index (χ1) is 44.4. The molecule has 2 N–H and O–H groups in total. The molecule has 0 aromatic carbocycles. The average molecular weight is 1290 g/mol. The van der Waals surface area contributed by atoms with E-state index in [9.17, 15) is 19.0 Å². The smallest absolute Gasteiger partial charge is 0.456 e. The van der Waals surface area contributed by atoms with Crippen LogP contribution in [0, 0.1) is 0 Å². The number of phosphoric acid groups is 1. The number of carbonyl (C=O) groups is 2. The zero-order chi connectivity index (χ0) is 66.3. The van der Waals surface area contributed by atoms with Crippen molar-refractivity contribution in [3.63, 3.8) is 0 Å². The molecule has 0 saturated carbocycles. The molecular formula is C81H146N2O7P+. The van der Waals surface area contributed by atoms with Gasteiger partial charge in [0.05, 0.1) is 33.8 Å². The molecule has 0 aliphatic rings. The van der Waals surface area contributed by atoms with Gasteiger partial charge in [0, 0.05) is 12.8 Å². The van der Waals surface area contributed by atoms with Crippen molar-refractivity contribution in [2.45, 2.75) is 354 Å². The van der Waals surface area contributed by atoms with E-state index in [-0.39, 0.29) is 31.5 Å². The van der Waals surface area contributed by atoms with Gasteiger partial charge >= 0.3 is 13.8 Å². The van der Waals surface area contributed by atoms with Crippen LogP contribution in [-0.2, 0) is 27.9 Å². The summed E-state index contributed by atoms with van der Waals surface area (Å²) < 4.78 is 30.9. The van der Waals surface area contributed by atoms with E-state index in [2.05, 4.69) is 123 Å². The number of hydrogen-bond acceptors (Lipinski definition) is 6. The number of likely N-dealkylation sites (N-methyl/N-ethyl adjacent to an activating group) is 1. The lowest BCUT2D eigenvalue weighted by Crippen LogP contribution is -2.47. The molecule has 0 aliphatic carbocycles. The summed E-state index contributed by atoms with van der Waals surface area (Å²) in [5.74, 6) is -0.504. The number of rotatable bonds is 69. The SMILES string of the molecule is CC/C=C\C/C=C\C/C=C\C/C=C\C/C=C\CCCCCCCCCCCCCC(=O)NC(COP(=O)(O)OCC[N+](C)(C)C)C(/C=C/CCCCCCCCCCC)OC(=O)CCCCCCCCCCCCCCCC/C=C\C/C=C\C/C=C\CCCCC. The van der Waals surface area contributed by atoms with Gasteiger partial charge in [-0.25, -0.2) is 4.57 Å². The Balaban J connectivity index is 4.93. The van der Waals surface area contributed by atoms with Crippen LogP contribution in [0.1, 0.15) is 342 Å². The van der Waals surface area contributed by atoms with Gasteiger partial charge in [-0.15, -0.1) is 0 Å². The quantitative estimate of drug-likeness (QED) is 0.0205. The Labute approximate surface area is 563 Å². The highest BCUT2D eigenvalue weighted by atomic mass is 31.2. The fourth-order valence-electron chi connectivity index (χ4n) is 10.9. The first-order valence-corrected chi connectivity index (χ1v) is 39.7. The number of nitrogens with one attached hydrogen (secondary N) is 1. The minimum atomic E-state index is -4.46. The fraction of sp³-hybridized carbons (Fsp3) is 0.753. The van der Waals surface area contributed by atoms with Crippen LogP contribution in [0.5, 0.6) is 0 Å². The van der Waals surface area contributed by atoms with Gasteiger partial charge in [-0.2, -0.15) is 0 Å². The molecule has 0 spiro atoms. The zero-order valence-electron chi connectivity index (χ0n) is 60.3. The van der Waals surface area contributed by atoms with Gasteiger partial charge in [-0.05, 0) is 115 Å². The van der Waals surface area contributed by atoms with Crippen LogP contribution in [0.4, 0.5) is 0 Å². The summed E-state index contributed by atoms with van der Waals surface area (Å²) in [5, 5.41) is 3.07. The lowest BCUT2D eigenvalue weighted by atomic mass is 10.0. The van der Waals surface area contributed by atoms with Gasteiger partial charge in [-0.3, -0.25) is 18.6 Å². The Morgan fingerprint density at radius 2 is 0.703 bits per heavy atom. The molecule has 3 unspecified atom stereocenters. The van der Waals surface area contributed by atoms with Crippen molar-refractivity contribution in [3.8, 4) is 0 Å². The summed E-state index contributed by atoms with van der Waals surface area (Å²) in [6.45, 7) is 6.89. The molecule has 3 atom stereocenters. The number of nitrogens with zero attached hydrogens (tertiary/aromatic N) is 1. The van der Waals surface area contributed by atoms with Crippen LogP contribution in [-0.4, -0.2) is 74.3 Å². The second kappa shape index (κ2) is 69.5. The molecule has 0 rings (SSSR count). The van der Waals surface area contributed by atoms with E-state index in [1.54, 1.807) is 0 Å². The van der Waals surface area contributed by atoms with Crippen molar-refractivity contribution in [2.24, 2.45) is 0 Å². The number of carbonyl (C=O) groups excluding carboxylic acids is 2. The molecule has 0 bridgehead atoms. The second-order valence-corrected chi connectivity index (χ2v) is 28.2. The van der Waals surface area contributed by atoms with E-state index in [1.165, 1.54) is 205 Å². The van der Waals surface area contributed by atoms with Crippen LogP contribution in [0.25, 0.3) is 0 Å². The van der Waals surface area contributed by atoms with Crippen molar-refractivity contribution in [1.29, 1.82) is 0 Å². The van der Waals surface area contributed by atoms with Gasteiger partial charge in [0.15, 0.2) is 0 Å². The molecule has 9 nitrogen and oxygen atoms in total. The van der Waals surface area contributed by atoms with E-state index in [0.717, 1.165) is 103 Å². The Morgan fingerprint density at radius 1 is 0.396 bits per heavy atom. The Morgan fingerprint density at radius 3 is 1.08 bits per heavy atom. The van der Waals surface area contributed by atoms with E-state index in [1.807, 2.05) is 33.3 Å². The summed E-state index contributed by atoms with van der Waals surface area (Å²) in [6, 6.07) is -0.857. The molecule has 91 heavy (non-hydrogen) atoms. The number of esters is 1. The van der Waals surface area contributed by atoms with E-state index in [4.69, 9.17) is 13.8 Å². The summed E-state index contributed by atoms with van der Waals surface area (Å²) in [7, 11) is 1.49. The molecule has 526 valence electrons. The summed E-state index contributed by atoms with van der Waals surface area (Å²) >= 11 is 0. The van der Waals surface area contributed by atoms with Crippen LogP contribution >= 0.6 is 7.82 Å². The highest BCUT2D eigenvalue weighted by Gasteiger charge is 2.30. The van der Waals surface area contributed by atoms with Crippen LogP contribution < -0.4 is 5.32 Å². The number of ether oxygens (including phenoxy) is 1. The number of quaternary nitrogens is 1. The van der Waals surface area contributed by atoms with E-state index >= 15 is 0 Å². The largest absolute Gasteiger partial charge is 0.472 e. The van der Waals surface area contributed by atoms with E-state index < -0.39 is 20.0 Å². The maximum absolute atomic E-state index is 13.6. The van der Waals surface area contributed by atoms with E-state index in [0.29, 0.717) is 17.4 Å². The van der Waals surface area contributed by atoms with Crippen molar-refractivity contribution in [2.75, 3.05) is 40.9 Å². The van der Waals surface area contributed by atoms with Gasteiger partial charge in [0.25, 0.3) is 0 Å². The number of allylic oxidation sites excluding steroid dienone is 17. The molecule has 0 fully saturated rings. The lowest BCUT2D eigenvalue weighted by Gasteiger charge is -2.27. The number of amides is 1. The number of unbranched alkanes of at least 4 members (excludes halogenated alkanes) is 37. The molecule has 0 saturated heterocycles. The minimum absolute atomic E-state index is 0.0362. The highest BCUT2D eigenvalue weighted by Crippen LogP contribution is 2.43. The predicted octanol–water partition coefficient (Wildman–Crippen LogP) is 24.8. The second-order valence-electron chi connectivity index (χ2n) is 26.8. The molecular weight excluding hydrogens is 1140 g/mol. The first-order valence-electron chi connectivity index (χ1n) is 38.2. The molecule has 0 radical (unpaired) electrons. The monoisotopic (exact) mass is 1290 g/mol. The van der Waals surface area contributed by atoms with Gasteiger partial charge in [0.2, 0.25) is 5.91 Å². The molecule has 0 heterocycles. The third-order valence-electron chi connectivity index (χ3n) is 16.7. The normalized spacial score (nSPS) is 14.1. The van der Waals surface area contributed by atoms with Crippen molar-refractivity contribution < 1.29 is 37.3 Å². The number of hydrogen-bond donors (Lipinski definition) is 2.